The van der Waals surface area contributed by atoms with Gasteiger partial charge in [0, 0.05) is 6.20 Å². The topological polar surface area (TPSA) is 124 Å². The molecule has 0 aliphatic heterocycles. The van der Waals surface area contributed by atoms with Crippen LogP contribution in [0.3, 0.4) is 0 Å². The van der Waals surface area contributed by atoms with E-state index in [9.17, 15) is 19.3 Å². The zero-order valence-corrected chi connectivity index (χ0v) is 12.2. The summed E-state index contributed by atoms with van der Waals surface area (Å²) in [6.45, 7) is 1.40. The average Bonchev–Trinajstić information content (AvgIpc) is 2.84. The van der Waals surface area contributed by atoms with Gasteiger partial charge >= 0.3 is 5.97 Å². The molecule has 0 atom stereocenters. The summed E-state index contributed by atoms with van der Waals surface area (Å²) in [5.41, 5.74) is 5.04. The molecule has 1 heterocycles. The summed E-state index contributed by atoms with van der Waals surface area (Å²) in [7, 11) is 1.12. The van der Waals surface area contributed by atoms with Crippen LogP contribution in [0.15, 0.2) is 18.3 Å². The molecule has 0 amide bonds. The highest BCUT2D eigenvalue weighted by molar-refractivity contribution is 5.96. The maximum atomic E-state index is 13.7. The van der Waals surface area contributed by atoms with Gasteiger partial charge < -0.3 is 15.0 Å². The number of ether oxygens (including phenoxy) is 1. The van der Waals surface area contributed by atoms with Crippen LogP contribution in [0.25, 0.3) is 5.69 Å². The van der Waals surface area contributed by atoms with E-state index in [1.54, 1.807) is 6.07 Å². The zero-order valence-electron chi connectivity index (χ0n) is 12.2. The number of anilines is 1. The van der Waals surface area contributed by atoms with Crippen molar-refractivity contribution in [1.82, 2.24) is 4.57 Å². The molecule has 9 heteroatoms. The number of carbonyl (C=O) groups excluding carboxylic acids is 1. The number of nitro groups is 1. The molecule has 1 aromatic heterocycles. The predicted octanol–water partition coefficient (Wildman–Crippen LogP) is 2.07. The lowest BCUT2D eigenvalue weighted by Crippen LogP contribution is -2.12. The van der Waals surface area contributed by atoms with Gasteiger partial charge in [-0.25, -0.2) is 9.18 Å². The second-order valence-corrected chi connectivity index (χ2v) is 4.60. The fourth-order valence-electron chi connectivity index (χ4n) is 2.20. The summed E-state index contributed by atoms with van der Waals surface area (Å²) in [6, 6.07) is 3.58. The number of nitro benzene ring substituents is 1. The van der Waals surface area contributed by atoms with Gasteiger partial charge in [-0.05, 0) is 13.0 Å². The van der Waals surface area contributed by atoms with Crippen molar-refractivity contribution < 1.29 is 18.8 Å². The number of nitrogens with zero attached hydrogens (tertiary/aromatic N) is 3. The minimum Gasteiger partial charge on any atom is -0.464 e. The van der Waals surface area contributed by atoms with Crippen LogP contribution in [0.4, 0.5) is 15.8 Å². The van der Waals surface area contributed by atoms with Crippen molar-refractivity contribution in [2.45, 2.75) is 6.92 Å². The molecule has 0 spiro atoms. The smallest absolute Gasteiger partial charge is 0.357 e. The molecule has 0 saturated carbocycles. The van der Waals surface area contributed by atoms with E-state index in [2.05, 4.69) is 4.74 Å². The number of rotatable bonds is 3. The lowest BCUT2D eigenvalue weighted by atomic mass is 10.1. The Bertz CT molecular complexity index is 867. The lowest BCUT2D eigenvalue weighted by Gasteiger charge is -2.11. The van der Waals surface area contributed by atoms with Crippen molar-refractivity contribution in [3.63, 3.8) is 0 Å². The molecule has 2 aromatic rings. The normalized spacial score (nSPS) is 10.2. The number of carbonyl (C=O) groups is 1. The van der Waals surface area contributed by atoms with E-state index < -0.39 is 22.4 Å². The highest BCUT2D eigenvalue weighted by atomic mass is 19.1. The van der Waals surface area contributed by atoms with Crippen LogP contribution in [0.2, 0.25) is 0 Å². The number of hydrogen-bond donors (Lipinski definition) is 1. The molecule has 0 fully saturated rings. The summed E-state index contributed by atoms with van der Waals surface area (Å²) >= 11 is 0. The number of nitriles is 1. The Balaban J connectivity index is 2.85. The van der Waals surface area contributed by atoms with Gasteiger partial charge in [-0.2, -0.15) is 5.26 Å². The molecule has 1 aromatic carbocycles. The highest BCUT2D eigenvalue weighted by Crippen LogP contribution is 2.31. The Morgan fingerprint density at radius 3 is 2.70 bits per heavy atom. The van der Waals surface area contributed by atoms with Gasteiger partial charge in [0.1, 0.15) is 11.9 Å². The second kappa shape index (κ2) is 5.76. The predicted molar refractivity (Wildman–Crippen MR) is 77.6 cm³/mol. The molecule has 8 nitrogen and oxygen atoms in total. The minimum absolute atomic E-state index is 0.0188. The van der Waals surface area contributed by atoms with E-state index in [4.69, 9.17) is 11.0 Å². The summed E-state index contributed by atoms with van der Waals surface area (Å²) in [5.74, 6) is -1.71. The summed E-state index contributed by atoms with van der Waals surface area (Å²) in [5, 5.41) is 20.1. The van der Waals surface area contributed by atoms with Crippen LogP contribution in [0.5, 0.6) is 0 Å². The summed E-state index contributed by atoms with van der Waals surface area (Å²) in [4.78, 5) is 22.2. The average molecular weight is 318 g/mol. The van der Waals surface area contributed by atoms with Crippen LogP contribution in [0, 0.1) is 34.2 Å². The van der Waals surface area contributed by atoms with E-state index in [0.717, 1.165) is 23.8 Å². The first-order valence-corrected chi connectivity index (χ1v) is 6.26. The van der Waals surface area contributed by atoms with Crippen molar-refractivity contribution in [2.75, 3.05) is 12.8 Å². The Morgan fingerprint density at radius 1 is 1.52 bits per heavy atom. The largest absolute Gasteiger partial charge is 0.464 e. The van der Waals surface area contributed by atoms with Gasteiger partial charge in [-0.1, -0.05) is 0 Å². The van der Waals surface area contributed by atoms with Gasteiger partial charge in [0.05, 0.1) is 40.6 Å². The lowest BCUT2D eigenvalue weighted by molar-refractivity contribution is -0.385. The van der Waals surface area contributed by atoms with E-state index in [-0.39, 0.29) is 28.2 Å². The van der Waals surface area contributed by atoms with Crippen LogP contribution in [-0.4, -0.2) is 22.6 Å². The van der Waals surface area contributed by atoms with E-state index in [1.165, 1.54) is 13.1 Å². The molecule has 2 rings (SSSR count). The fourth-order valence-corrected chi connectivity index (χ4v) is 2.20. The monoisotopic (exact) mass is 318 g/mol. The van der Waals surface area contributed by atoms with Crippen molar-refractivity contribution in [2.24, 2.45) is 0 Å². The van der Waals surface area contributed by atoms with Crippen molar-refractivity contribution in [1.29, 1.82) is 5.26 Å². The first kappa shape index (κ1) is 16.0. The first-order valence-electron chi connectivity index (χ1n) is 6.26. The third kappa shape index (κ3) is 2.57. The Labute approximate surface area is 129 Å². The number of nitrogens with two attached hydrogens (primary N) is 1. The Morgan fingerprint density at radius 2 is 2.17 bits per heavy atom. The maximum absolute atomic E-state index is 13.7. The molecule has 118 valence electrons. The molecular weight excluding hydrogens is 307 g/mol. The molecule has 23 heavy (non-hydrogen) atoms. The number of aromatic nitrogens is 1. The van der Waals surface area contributed by atoms with Crippen LogP contribution in [0.1, 0.15) is 21.6 Å². The summed E-state index contributed by atoms with van der Waals surface area (Å²) < 4.78 is 19.5. The van der Waals surface area contributed by atoms with Crippen LogP contribution in [-0.2, 0) is 4.74 Å². The maximum Gasteiger partial charge on any atom is 0.357 e. The molecular formula is C14H11FN4O4. The van der Waals surface area contributed by atoms with Crippen LogP contribution >= 0.6 is 0 Å². The molecule has 0 radical (unpaired) electrons. The van der Waals surface area contributed by atoms with Gasteiger partial charge in [0.2, 0.25) is 0 Å². The molecule has 0 saturated heterocycles. The molecule has 2 N–H and O–H groups in total. The Hall–Kier alpha value is -3.41. The number of esters is 1. The third-order valence-electron chi connectivity index (χ3n) is 3.32. The van der Waals surface area contributed by atoms with Crippen molar-refractivity contribution in [3.05, 3.63) is 51.1 Å². The molecule has 0 aliphatic carbocycles. The SMILES string of the molecule is COC(=O)c1c(N)c(C#N)cn1-c1cc(F)cc([N+](=O)[O-])c1C. The van der Waals surface area contributed by atoms with Crippen molar-refractivity contribution >= 4 is 17.3 Å². The number of methoxy groups -OCH3 is 1. The quantitative estimate of drug-likeness (QED) is 0.525. The standard InChI is InChI=1S/C14H11FN4O4/c1-7-10(3-9(15)4-11(7)19(21)22)18-6-8(5-16)12(17)13(18)14(20)23-2/h3-4,6H,17H2,1-2H3. The fraction of sp³-hybridized carbons (Fsp3) is 0.143. The number of benzene rings is 1. The van der Waals surface area contributed by atoms with Gasteiger partial charge in [0.25, 0.3) is 5.69 Å². The number of halogens is 1. The van der Waals surface area contributed by atoms with Crippen molar-refractivity contribution in [3.8, 4) is 11.8 Å². The second-order valence-electron chi connectivity index (χ2n) is 4.60. The van der Waals surface area contributed by atoms with Crippen LogP contribution < -0.4 is 5.73 Å². The van der Waals surface area contributed by atoms with Gasteiger partial charge in [-0.3, -0.25) is 10.1 Å². The summed E-state index contributed by atoms with van der Waals surface area (Å²) in [6.07, 6.45) is 1.20. The zero-order chi connectivity index (χ0) is 17.3. The molecule has 0 aliphatic rings. The van der Waals surface area contributed by atoms with E-state index in [0.29, 0.717) is 0 Å². The minimum atomic E-state index is -0.862. The van der Waals surface area contributed by atoms with Gasteiger partial charge in [-0.15, -0.1) is 0 Å². The van der Waals surface area contributed by atoms with E-state index in [1.807, 2.05) is 0 Å². The first-order chi connectivity index (χ1) is 10.8. The van der Waals surface area contributed by atoms with Gasteiger partial charge in [0.15, 0.2) is 5.69 Å². The highest BCUT2D eigenvalue weighted by Gasteiger charge is 2.25. The number of nitrogen functional groups attached to an aromatic ring is 1. The molecule has 0 bridgehead atoms. The van der Waals surface area contributed by atoms with E-state index >= 15 is 0 Å². The molecule has 0 unspecified atom stereocenters. The third-order valence-corrected chi connectivity index (χ3v) is 3.32. The number of hydrogen-bond acceptors (Lipinski definition) is 6. The Kier molecular flexibility index (Phi) is 4.00.